The van der Waals surface area contributed by atoms with Gasteiger partial charge in [-0.3, -0.25) is 4.68 Å². The van der Waals surface area contributed by atoms with Crippen LogP contribution >= 0.6 is 11.6 Å². The first-order valence-electron chi connectivity index (χ1n) is 5.38. The van der Waals surface area contributed by atoms with E-state index in [2.05, 4.69) is 5.10 Å². The molecule has 2 N–H and O–H groups in total. The molecule has 1 rings (SSSR count). The predicted octanol–water partition coefficient (Wildman–Crippen LogP) is 1.45. The summed E-state index contributed by atoms with van der Waals surface area (Å²) in [4.78, 5) is 0. The minimum absolute atomic E-state index is 0.319. The van der Waals surface area contributed by atoms with Crippen molar-refractivity contribution in [2.75, 3.05) is 0 Å². The van der Waals surface area contributed by atoms with Gasteiger partial charge in [-0.25, -0.2) is 0 Å². The summed E-state index contributed by atoms with van der Waals surface area (Å²) in [5.74, 6) is 0. The molecule has 1 aromatic rings. The first kappa shape index (κ1) is 13.5. The summed E-state index contributed by atoms with van der Waals surface area (Å²) in [6.45, 7) is 5.30. The normalized spacial score (nSPS) is 17.2. The van der Waals surface area contributed by atoms with E-state index in [0.29, 0.717) is 18.0 Å². The highest BCUT2D eigenvalue weighted by atomic mass is 35.5. The highest BCUT2D eigenvalue weighted by Crippen LogP contribution is 2.24. The van der Waals surface area contributed by atoms with Crippen LogP contribution in [0.4, 0.5) is 0 Å². The van der Waals surface area contributed by atoms with Crippen LogP contribution in [0.15, 0.2) is 0 Å². The predicted molar refractivity (Wildman–Crippen MR) is 63.6 cm³/mol. The van der Waals surface area contributed by atoms with Crippen LogP contribution < -0.4 is 0 Å². The van der Waals surface area contributed by atoms with Gasteiger partial charge in [-0.15, -0.1) is 0 Å². The molecular weight excluding hydrogens is 228 g/mol. The molecule has 92 valence electrons. The molecule has 1 aromatic heterocycles. The van der Waals surface area contributed by atoms with Crippen LogP contribution in [0.2, 0.25) is 5.15 Å². The maximum Gasteiger partial charge on any atom is 0.130 e. The number of rotatable bonds is 4. The summed E-state index contributed by atoms with van der Waals surface area (Å²) in [6.07, 6.45) is -0.0253. The average Bonchev–Trinajstić information content (AvgIpc) is 2.45. The minimum atomic E-state index is -1.09. The smallest absolute Gasteiger partial charge is 0.130 e. The van der Waals surface area contributed by atoms with E-state index in [0.717, 1.165) is 11.3 Å². The van der Waals surface area contributed by atoms with Crippen molar-refractivity contribution in [1.82, 2.24) is 9.78 Å². The number of aliphatic hydroxyl groups excluding tert-OH is 1. The van der Waals surface area contributed by atoms with Gasteiger partial charge < -0.3 is 10.2 Å². The molecule has 0 aromatic carbocycles. The van der Waals surface area contributed by atoms with E-state index in [1.54, 1.807) is 18.7 Å². The zero-order chi connectivity index (χ0) is 12.5. The monoisotopic (exact) mass is 246 g/mol. The lowest BCUT2D eigenvalue weighted by atomic mass is 9.91. The number of halogens is 1. The molecule has 16 heavy (non-hydrogen) atoms. The van der Waals surface area contributed by atoms with Gasteiger partial charge in [-0.1, -0.05) is 18.5 Å². The molecule has 0 saturated carbocycles. The second kappa shape index (κ2) is 4.73. The van der Waals surface area contributed by atoms with Crippen LogP contribution in [0.5, 0.6) is 0 Å². The van der Waals surface area contributed by atoms with Crippen molar-refractivity contribution in [1.29, 1.82) is 0 Å². The van der Waals surface area contributed by atoms with E-state index in [9.17, 15) is 10.2 Å². The summed E-state index contributed by atoms with van der Waals surface area (Å²) < 4.78 is 1.57. The molecule has 0 amide bonds. The van der Waals surface area contributed by atoms with E-state index in [1.165, 1.54) is 0 Å². The van der Waals surface area contributed by atoms with Gasteiger partial charge in [-0.2, -0.15) is 5.10 Å². The molecule has 0 spiro atoms. The van der Waals surface area contributed by atoms with Gasteiger partial charge in [0.05, 0.1) is 17.4 Å². The number of nitrogens with zero attached hydrogens (tertiary/aromatic N) is 2. The number of hydrogen-bond donors (Lipinski definition) is 2. The third kappa shape index (κ3) is 2.56. The largest absolute Gasteiger partial charge is 0.390 e. The van der Waals surface area contributed by atoms with E-state index < -0.39 is 11.7 Å². The molecule has 0 fully saturated rings. The lowest BCUT2D eigenvalue weighted by Crippen LogP contribution is -2.40. The molecule has 2 unspecified atom stereocenters. The van der Waals surface area contributed by atoms with Crippen molar-refractivity contribution in [3.8, 4) is 0 Å². The zero-order valence-electron chi connectivity index (χ0n) is 10.2. The van der Waals surface area contributed by atoms with Gasteiger partial charge in [0.1, 0.15) is 5.15 Å². The van der Waals surface area contributed by atoms with Crippen LogP contribution in [0.25, 0.3) is 0 Å². The number of aliphatic hydroxyl groups is 2. The minimum Gasteiger partial charge on any atom is -0.390 e. The maximum atomic E-state index is 9.94. The van der Waals surface area contributed by atoms with Gasteiger partial charge in [0, 0.05) is 19.0 Å². The Morgan fingerprint density at radius 3 is 2.50 bits per heavy atom. The van der Waals surface area contributed by atoms with Gasteiger partial charge >= 0.3 is 0 Å². The quantitative estimate of drug-likeness (QED) is 0.846. The third-order valence-corrected chi connectivity index (χ3v) is 3.57. The fourth-order valence-electron chi connectivity index (χ4n) is 1.55. The van der Waals surface area contributed by atoms with Gasteiger partial charge in [-0.05, 0) is 20.3 Å². The zero-order valence-corrected chi connectivity index (χ0v) is 10.9. The van der Waals surface area contributed by atoms with E-state index in [-0.39, 0.29) is 0 Å². The standard InChI is InChI=1S/C11H19ClN2O2/c1-5-11(3,16)9(15)6-8-7(2)13-14(4)10(8)12/h9,15-16H,5-6H2,1-4H3. The second-order valence-corrected chi connectivity index (χ2v) is 4.77. The van der Waals surface area contributed by atoms with Crippen molar-refractivity contribution in [3.63, 3.8) is 0 Å². The van der Waals surface area contributed by atoms with Crippen LogP contribution in [-0.4, -0.2) is 31.7 Å². The van der Waals surface area contributed by atoms with Crippen molar-refractivity contribution in [2.24, 2.45) is 7.05 Å². The summed E-state index contributed by atoms with van der Waals surface area (Å²) in [6, 6.07) is 0. The topological polar surface area (TPSA) is 58.3 Å². The number of aryl methyl sites for hydroxylation is 2. The Morgan fingerprint density at radius 1 is 1.56 bits per heavy atom. The Labute approximate surface area is 101 Å². The first-order chi connectivity index (χ1) is 7.29. The molecule has 2 atom stereocenters. The highest BCUT2D eigenvalue weighted by molar-refractivity contribution is 6.30. The molecule has 0 aliphatic heterocycles. The van der Waals surface area contributed by atoms with Crippen LogP contribution in [0.3, 0.4) is 0 Å². The fraction of sp³-hybridized carbons (Fsp3) is 0.727. The van der Waals surface area contributed by atoms with Crippen LogP contribution in [0, 0.1) is 6.92 Å². The lowest BCUT2D eigenvalue weighted by molar-refractivity contribution is -0.0630. The van der Waals surface area contributed by atoms with Crippen LogP contribution in [0.1, 0.15) is 31.5 Å². The molecule has 1 heterocycles. The molecule has 0 radical (unpaired) electrons. The number of aromatic nitrogens is 2. The van der Waals surface area contributed by atoms with E-state index in [4.69, 9.17) is 11.6 Å². The second-order valence-electron chi connectivity index (χ2n) is 4.41. The Morgan fingerprint density at radius 2 is 2.12 bits per heavy atom. The lowest BCUT2D eigenvalue weighted by Gasteiger charge is -2.27. The Balaban J connectivity index is 2.89. The number of hydrogen-bond acceptors (Lipinski definition) is 3. The van der Waals surface area contributed by atoms with Crippen molar-refractivity contribution in [2.45, 2.75) is 45.3 Å². The summed E-state index contributed by atoms with van der Waals surface area (Å²) in [5, 5.41) is 24.5. The highest BCUT2D eigenvalue weighted by Gasteiger charge is 2.30. The van der Waals surface area contributed by atoms with Crippen molar-refractivity contribution in [3.05, 3.63) is 16.4 Å². The van der Waals surface area contributed by atoms with Crippen LogP contribution in [-0.2, 0) is 13.5 Å². The van der Waals surface area contributed by atoms with Crippen molar-refractivity contribution >= 4 is 11.6 Å². The molecule has 0 bridgehead atoms. The Bertz CT molecular complexity index is 374. The fourth-order valence-corrected chi connectivity index (χ4v) is 1.81. The van der Waals surface area contributed by atoms with E-state index in [1.807, 2.05) is 13.8 Å². The third-order valence-electron chi connectivity index (χ3n) is 3.10. The van der Waals surface area contributed by atoms with Gasteiger partial charge in [0.2, 0.25) is 0 Å². The molecule has 0 saturated heterocycles. The molecule has 0 aliphatic rings. The maximum absolute atomic E-state index is 9.94. The molecular formula is C11H19ClN2O2. The van der Waals surface area contributed by atoms with Gasteiger partial charge in [0.25, 0.3) is 0 Å². The molecule has 0 aliphatic carbocycles. The Kier molecular flexibility index (Phi) is 3.99. The van der Waals surface area contributed by atoms with Crippen molar-refractivity contribution < 1.29 is 10.2 Å². The SMILES string of the molecule is CCC(C)(O)C(O)Cc1c(C)nn(C)c1Cl. The van der Waals surface area contributed by atoms with Gasteiger partial charge in [0.15, 0.2) is 0 Å². The summed E-state index contributed by atoms with van der Waals surface area (Å²) in [7, 11) is 1.75. The molecule has 5 heteroatoms. The average molecular weight is 247 g/mol. The van der Waals surface area contributed by atoms with E-state index >= 15 is 0 Å². The first-order valence-corrected chi connectivity index (χ1v) is 5.75. The molecule has 4 nitrogen and oxygen atoms in total. The summed E-state index contributed by atoms with van der Waals surface area (Å²) >= 11 is 6.06. The Hall–Kier alpha value is -0.580. The summed E-state index contributed by atoms with van der Waals surface area (Å²) in [5.41, 5.74) is 0.495.